The van der Waals surface area contributed by atoms with Gasteiger partial charge in [0.05, 0.1) is 9.90 Å². The third-order valence-corrected chi connectivity index (χ3v) is 3.91. The first-order valence-corrected chi connectivity index (χ1v) is 6.67. The van der Waals surface area contributed by atoms with Gasteiger partial charge in [0.2, 0.25) is 0 Å². The van der Waals surface area contributed by atoms with E-state index >= 15 is 0 Å². The third-order valence-electron chi connectivity index (χ3n) is 1.87. The lowest BCUT2D eigenvalue weighted by molar-refractivity contribution is 0.132. The van der Waals surface area contributed by atoms with Gasteiger partial charge in [0.25, 0.3) is 0 Å². The van der Waals surface area contributed by atoms with Gasteiger partial charge in [0.1, 0.15) is 0 Å². The van der Waals surface area contributed by atoms with E-state index in [9.17, 15) is 0 Å². The minimum Gasteiger partial charge on any atom is -0.388 e. The largest absolute Gasteiger partial charge is 0.388 e. The van der Waals surface area contributed by atoms with E-state index < -0.39 is 0 Å². The molecule has 0 aromatic carbocycles. The molecule has 2 heterocycles. The van der Waals surface area contributed by atoms with Gasteiger partial charge in [0, 0.05) is 10.9 Å². The van der Waals surface area contributed by atoms with Crippen molar-refractivity contribution in [3.63, 3.8) is 0 Å². The van der Waals surface area contributed by atoms with Crippen LogP contribution in [0.2, 0.25) is 5.02 Å². The minimum atomic E-state index is 0.349. The highest BCUT2D eigenvalue weighted by atomic mass is 35.5. The summed E-state index contributed by atoms with van der Waals surface area (Å²) < 4.78 is 0. The van der Waals surface area contributed by atoms with Crippen LogP contribution in [0, 0.1) is 0 Å². The zero-order valence-electron chi connectivity index (χ0n) is 8.22. The maximum Gasteiger partial charge on any atom is 0.171 e. The van der Waals surface area contributed by atoms with Crippen LogP contribution in [0.1, 0.15) is 10.4 Å². The summed E-state index contributed by atoms with van der Waals surface area (Å²) in [4.78, 5) is 6.09. The number of nitrogens with zero attached hydrogens (tertiary/aromatic N) is 1. The Labute approximate surface area is 106 Å². The molecule has 16 heavy (non-hydrogen) atoms. The van der Waals surface area contributed by atoms with Crippen LogP contribution in [0.5, 0.6) is 0 Å². The number of hydrogen-bond donors (Lipinski definition) is 1. The van der Waals surface area contributed by atoms with Crippen LogP contribution >= 0.6 is 34.3 Å². The van der Waals surface area contributed by atoms with Gasteiger partial charge in [0.15, 0.2) is 12.4 Å². The molecule has 0 atom stereocenters. The van der Waals surface area contributed by atoms with Gasteiger partial charge < -0.3 is 10.6 Å². The third kappa shape index (κ3) is 2.75. The van der Waals surface area contributed by atoms with Crippen LogP contribution in [-0.2, 0) is 11.4 Å². The lowest BCUT2D eigenvalue weighted by Crippen LogP contribution is -2.12. The lowest BCUT2D eigenvalue weighted by atomic mass is 10.3. The molecule has 0 aliphatic carbocycles. The molecule has 0 saturated carbocycles. The molecule has 2 aromatic heterocycles. The smallest absolute Gasteiger partial charge is 0.171 e. The highest BCUT2D eigenvalue weighted by Crippen LogP contribution is 2.22. The molecule has 0 bridgehead atoms. The summed E-state index contributed by atoms with van der Waals surface area (Å²) in [6.45, 7) is 0.349. The number of oxime groups is 1. The van der Waals surface area contributed by atoms with E-state index in [1.807, 2.05) is 28.3 Å². The second-order valence-corrected chi connectivity index (χ2v) is 5.14. The van der Waals surface area contributed by atoms with Crippen molar-refractivity contribution < 1.29 is 4.84 Å². The molecule has 0 spiro atoms. The normalized spacial score (nSPS) is 11.7. The van der Waals surface area contributed by atoms with Gasteiger partial charge >= 0.3 is 0 Å². The Morgan fingerprint density at radius 2 is 2.31 bits per heavy atom. The Balaban J connectivity index is 1.93. The zero-order chi connectivity index (χ0) is 11.4. The van der Waals surface area contributed by atoms with Crippen molar-refractivity contribution in [3.05, 3.63) is 43.7 Å². The Bertz CT molecular complexity index is 479. The highest BCUT2D eigenvalue weighted by molar-refractivity contribution is 7.10. The first-order chi connectivity index (χ1) is 7.77. The zero-order valence-corrected chi connectivity index (χ0v) is 10.6. The van der Waals surface area contributed by atoms with E-state index in [0.717, 1.165) is 10.4 Å². The molecule has 0 fully saturated rings. The van der Waals surface area contributed by atoms with E-state index in [1.54, 1.807) is 11.3 Å². The Morgan fingerprint density at radius 3 is 2.94 bits per heavy atom. The maximum absolute atomic E-state index is 5.91. The van der Waals surface area contributed by atoms with Crippen molar-refractivity contribution in [2.24, 2.45) is 10.9 Å². The quantitative estimate of drug-likeness (QED) is 0.527. The van der Waals surface area contributed by atoms with Gasteiger partial charge in [-0.05, 0) is 22.9 Å². The topological polar surface area (TPSA) is 47.6 Å². The predicted molar refractivity (Wildman–Crippen MR) is 69.2 cm³/mol. The second kappa shape index (κ2) is 5.34. The fourth-order valence-corrected chi connectivity index (χ4v) is 2.70. The molecule has 0 amide bonds. The van der Waals surface area contributed by atoms with Crippen LogP contribution in [0.25, 0.3) is 0 Å². The van der Waals surface area contributed by atoms with Gasteiger partial charge in [-0.15, -0.1) is 11.3 Å². The molecular formula is C10H9ClN2OS2. The molecule has 0 aliphatic rings. The molecule has 0 unspecified atom stereocenters. The van der Waals surface area contributed by atoms with Crippen molar-refractivity contribution >= 4 is 40.1 Å². The Kier molecular flexibility index (Phi) is 3.82. The lowest BCUT2D eigenvalue weighted by Gasteiger charge is -1.99. The number of rotatable bonds is 4. The highest BCUT2D eigenvalue weighted by Gasteiger charge is 2.02. The molecule has 0 saturated heterocycles. The fourth-order valence-electron chi connectivity index (χ4n) is 1.05. The Morgan fingerprint density at radius 1 is 1.44 bits per heavy atom. The van der Waals surface area contributed by atoms with Gasteiger partial charge in [-0.3, -0.25) is 0 Å². The molecule has 3 nitrogen and oxygen atoms in total. The van der Waals surface area contributed by atoms with Crippen molar-refractivity contribution in [2.45, 2.75) is 6.61 Å². The van der Waals surface area contributed by atoms with Gasteiger partial charge in [-0.1, -0.05) is 16.8 Å². The molecule has 2 N–H and O–H groups in total. The fraction of sp³-hybridized carbons (Fsp3) is 0.100. The van der Waals surface area contributed by atoms with Crippen LogP contribution in [0.3, 0.4) is 0 Å². The second-order valence-electron chi connectivity index (χ2n) is 2.95. The summed E-state index contributed by atoms with van der Waals surface area (Å²) in [7, 11) is 0. The van der Waals surface area contributed by atoms with E-state index in [2.05, 4.69) is 5.16 Å². The van der Waals surface area contributed by atoms with Gasteiger partial charge in [-0.25, -0.2) is 0 Å². The van der Waals surface area contributed by atoms with E-state index in [0.29, 0.717) is 17.5 Å². The van der Waals surface area contributed by atoms with E-state index in [-0.39, 0.29) is 0 Å². The van der Waals surface area contributed by atoms with Crippen molar-refractivity contribution in [1.29, 1.82) is 0 Å². The summed E-state index contributed by atoms with van der Waals surface area (Å²) >= 11 is 9.01. The van der Waals surface area contributed by atoms with Crippen molar-refractivity contribution in [3.8, 4) is 0 Å². The number of nitrogens with two attached hydrogens (primary N) is 1. The van der Waals surface area contributed by atoms with E-state index in [1.165, 1.54) is 11.3 Å². The molecule has 0 aliphatic heterocycles. The number of amidine groups is 1. The minimum absolute atomic E-state index is 0.349. The number of hydrogen-bond acceptors (Lipinski definition) is 4. The monoisotopic (exact) mass is 272 g/mol. The molecule has 0 radical (unpaired) electrons. The summed E-state index contributed by atoms with van der Waals surface area (Å²) in [5.41, 5.74) is 6.60. The van der Waals surface area contributed by atoms with Crippen LogP contribution < -0.4 is 5.73 Å². The first-order valence-electron chi connectivity index (χ1n) is 4.47. The summed E-state index contributed by atoms with van der Waals surface area (Å²) in [5.74, 6) is 0.383. The number of thiophene rings is 2. The first kappa shape index (κ1) is 11.4. The summed E-state index contributed by atoms with van der Waals surface area (Å²) in [5, 5.41) is 10.3. The average molecular weight is 273 g/mol. The predicted octanol–water partition coefficient (Wildman–Crippen LogP) is 3.30. The standard InChI is InChI=1S/C10H9ClN2OS2/c11-8-2-4-16-9(8)5-14-13-10(12)7-1-3-15-6-7/h1-4,6H,5H2,(H2,12,13). The molecule has 6 heteroatoms. The molecule has 84 valence electrons. The maximum atomic E-state index is 5.91. The molecule has 2 rings (SSSR count). The summed E-state index contributed by atoms with van der Waals surface area (Å²) in [6, 6.07) is 3.72. The van der Waals surface area contributed by atoms with Crippen LogP contribution in [-0.4, -0.2) is 5.84 Å². The Hall–Kier alpha value is -1.04. The molecule has 2 aromatic rings. The SMILES string of the molecule is N/C(=N\OCc1sccc1Cl)c1ccsc1. The van der Waals surface area contributed by atoms with Gasteiger partial charge in [-0.2, -0.15) is 11.3 Å². The van der Waals surface area contributed by atoms with Crippen molar-refractivity contribution in [1.82, 2.24) is 0 Å². The number of halogens is 1. The van der Waals surface area contributed by atoms with Crippen LogP contribution in [0.15, 0.2) is 33.4 Å². The van der Waals surface area contributed by atoms with E-state index in [4.69, 9.17) is 22.2 Å². The van der Waals surface area contributed by atoms with Crippen molar-refractivity contribution in [2.75, 3.05) is 0 Å². The van der Waals surface area contributed by atoms with Crippen LogP contribution in [0.4, 0.5) is 0 Å². The average Bonchev–Trinajstić information content (AvgIpc) is 2.90. The summed E-state index contributed by atoms with van der Waals surface area (Å²) in [6.07, 6.45) is 0. The molecular weight excluding hydrogens is 264 g/mol.